The van der Waals surface area contributed by atoms with Gasteiger partial charge in [-0.3, -0.25) is 19.2 Å². The Kier molecular flexibility index (Phi) is 23.3. The van der Waals surface area contributed by atoms with E-state index in [9.17, 15) is 101 Å². The Hall–Kier alpha value is -3.20. The van der Waals surface area contributed by atoms with Gasteiger partial charge >= 0.3 is 0 Å². The Morgan fingerprint density at radius 3 is 1.01 bits per heavy atom. The van der Waals surface area contributed by atoms with E-state index in [-0.39, 0.29) is 0 Å². The van der Waals surface area contributed by atoms with Crippen LogP contribution >= 0.6 is 0 Å². The van der Waals surface area contributed by atoms with Gasteiger partial charge in [0.2, 0.25) is 23.6 Å². The third-order valence-electron chi connectivity index (χ3n) is 14.0. The van der Waals surface area contributed by atoms with Crippen LogP contribution in [0.25, 0.3) is 0 Å². The molecule has 0 aromatic rings. The van der Waals surface area contributed by atoms with Gasteiger partial charge in [-0.15, -0.1) is 0 Å². The van der Waals surface area contributed by atoms with Crippen LogP contribution in [0.5, 0.6) is 0 Å². The fourth-order valence-electron chi connectivity index (χ4n) is 10.1. The summed E-state index contributed by atoms with van der Waals surface area (Å²) in [7, 11) is 0. The number of amides is 4. The number of ether oxygens (including phenoxy) is 11. The standard InChI is InChI=1S/C44H74N4O31/c1-11(55)45-21-30(64)34(18(8-52)69-39(21)68)75-42-24(48-14(4)58)31(65)35(19(9-53)73-42)77-43-33(67)37(27(61)17(7-51)72-43)78-44-38(79-41-23(47-13(3)57)29(63)26(60)16(6-50)71-41)32(66)36(20(10-54)74-44)76-40-22(46-12(2)56)28(62)25(59)15(5-49)70-40/h15-44,49-54,59-68H,5-10H2,1-4H3,(H,45,55)(H,46,56)(H,47,57)(H,48,58)/t15-,16-,17-,18-,19-,20-,21-,22-,23-,24-,25-,26-,27-,28-,29-,30-,31-,32+,33+,34-,35-,36-,37+,38+,39?,40+,41+,42+,43+,44-/m1/s1. The number of rotatable bonds is 20. The van der Waals surface area contributed by atoms with Gasteiger partial charge in [0, 0.05) is 27.7 Å². The van der Waals surface area contributed by atoms with Gasteiger partial charge in [0.05, 0.1) is 39.6 Å². The topological polar surface area (TPSA) is 542 Å². The predicted octanol–water partition coefficient (Wildman–Crippen LogP) is -13.5. The molecular formula is C44H74N4O31. The molecule has 6 aliphatic rings. The van der Waals surface area contributed by atoms with E-state index >= 15 is 0 Å². The first-order valence-corrected chi connectivity index (χ1v) is 25.1. The van der Waals surface area contributed by atoms with Crippen LogP contribution in [0.4, 0.5) is 0 Å². The normalized spacial score (nSPS) is 46.7. The number of hydrogen-bond acceptors (Lipinski definition) is 31. The van der Waals surface area contributed by atoms with Crippen molar-refractivity contribution in [3.63, 3.8) is 0 Å². The molecule has 6 heterocycles. The van der Waals surface area contributed by atoms with Crippen molar-refractivity contribution in [1.29, 1.82) is 0 Å². The van der Waals surface area contributed by atoms with Gasteiger partial charge in [-0.1, -0.05) is 0 Å². The molecular weight excluding hydrogens is 1080 g/mol. The van der Waals surface area contributed by atoms with Crippen molar-refractivity contribution in [3.8, 4) is 0 Å². The van der Waals surface area contributed by atoms with E-state index in [0.29, 0.717) is 0 Å². The van der Waals surface area contributed by atoms with Crippen molar-refractivity contribution in [2.24, 2.45) is 0 Å². The van der Waals surface area contributed by atoms with Gasteiger partial charge in [0.15, 0.2) is 37.7 Å². The molecule has 6 saturated heterocycles. The first-order chi connectivity index (χ1) is 37.3. The summed E-state index contributed by atoms with van der Waals surface area (Å²) >= 11 is 0. The minimum Gasteiger partial charge on any atom is -0.394 e. The Balaban J connectivity index is 1.32. The maximum absolute atomic E-state index is 12.6. The van der Waals surface area contributed by atoms with Gasteiger partial charge in [0.1, 0.15) is 146 Å². The number of aliphatic hydroxyl groups excluding tert-OH is 16. The van der Waals surface area contributed by atoms with Crippen LogP contribution in [-0.4, -0.2) is 329 Å². The zero-order chi connectivity index (χ0) is 58.5. The molecule has 0 aromatic heterocycles. The summed E-state index contributed by atoms with van der Waals surface area (Å²) in [5, 5.41) is 184. The van der Waals surface area contributed by atoms with Crippen molar-refractivity contribution in [1.82, 2.24) is 21.3 Å². The Morgan fingerprint density at radius 1 is 0.304 bits per heavy atom. The van der Waals surface area contributed by atoms with Crippen molar-refractivity contribution in [3.05, 3.63) is 0 Å². The number of nitrogens with one attached hydrogen (secondary N) is 4. The summed E-state index contributed by atoms with van der Waals surface area (Å²) in [5.41, 5.74) is 0. The van der Waals surface area contributed by atoms with E-state index in [1.807, 2.05) is 0 Å². The summed E-state index contributed by atoms with van der Waals surface area (Å²) in [6, 6.07) is -6.66. The number of carbonyl (C=O) groups excluding carboxylic acids is 4. The Morgan fingerprint density at radius 2 is 0.595 bits per heavy atom. The lowest BCUT2D eigenvalue weighted by Gasteiger charge is -2.51. The van der Waals surface area contributed by atoms with Crippen molar-refractivity contribution in [2.75, 3.05) is 39.6 Å². The van der Waals surface area contributed by atoms with Crippen molar-refractivity contribution >= 4 is 23.6 Å². The lowest BCUT2D eigenvalue weighted by Crippen LogP contribution is -2.71. The molecule has 6 aliphatic heterocycles. The second-order valence-electron chi connectivity index (χ2n) is 19.7. The van der Waals surface area contributed by atoms with E-state index in [2.05, 4.69) is 21.3 Å². The summed E-state index contributed by atoms with van der Waals surface area (Å²) in [6.07, 6.45) is -50.1. The lowest BCUT2D eigenvalue weighted by atomic mass is 9.93. The number of carbonyl (C=O) groups is 4. The van der Waals surface area contributed by atoms with Crippen molar-refractivity contribution < 1.29 is 153 Å². The second-order valence-corrected chi connectivity index (χ2v) is 19.7. The van der Waals surface area contributed by atoms with Crippen LogP contribution < -0.4 is 21.3 Å². The number of aliphatic hydroxyl groups is 16. The molecule has 0 saturated carbocycles. The van der Waals surface area contributed by atoms with Crippen LogP contribution in [0.3, 0.4) is 0 Å². The molecule has 35 heteroatoms. The highest BCUT2D eigenvalue weighted by Crippen LogP contribution is 2.38. The van der Waals surface area contributed by atoms with Crippen LogP contribution in [0.2, 0.25) is 0 Å². The molecule has 0 radical (unpaired) electrons. The zero-order valence-corrected chi connectivity index (χ0v) is 42.8. The average Bonchev–Trinajstić information content (AvgIpc) is 3.46. The molecule has 0 aromatic carbocycles. The molecule has 30 atom stereocenters. The maximum atomic E-state index is 12.6. The average molecular weight is 1160 g/mol. The molecule has 6 rings (SSSR count). The summed E-state index contributed by atoms with van der Waals surface area (Å²) in [4.78, 5) is 49.2. The molecule has 35 nitrogen and oxygen atoms in total. The van der Waals surface area contributed by atoms with E-state index in [1.165, 1.54) is 0 Å². The van der Waals surface area contributed by atoms with E-state index in [4.69, 9.17) is 52.1 Å². The fraction of sp³-hybridized carbons (Fsp3) is 0.909. The Bertz CT molecular complexity index is 1990. The largest absolute Gasteiger partial charge is 0.394 e. The molecule has 79 heavy (non-hydrogen) atoms. The third kappa shape index (κ3) is 14.6. The molecule has 456 valence electrons. The molecule has 1 unspecified atom stereocenters. The van der Waals surface area contributed by atoms with Gasteiger partial charge < -0.3 is 155 Å². The number of hydrogen-bond donors (Lipinski definition) is 20. The monoisotopic (exact) mass is 1150 g/mol. The predicted molar refractivity (Wildman–Crippen MR) is 246 cm³/mol. The maximum Gasteiger partial charge on any atom is 0.217 e. The summed E-state index contributed by atoms with van der Waals surface area (Å²) in [5.74, 6) is -3.16. The van der Waals surface area contributed by atoms with E-state index < -0.39 is 247 Å². The van der Waals surface area contributed by atoms with Gasteiger partial charge in [-0.05, 0) is 0 Å². The first-order valence-electron chi connectivity index (χ1n) is 25.1. The molecule has 6 fully saturated rings. The highest BCUT2D eigenvalue weighted by Gasteiger charge is 2.59. The minimum absolute atomic E-state index is 0.716. The van der Waals surface area contributed by atoms with Crippen LogP contribution in [-0.2, 0) is 71.3 Å². The SMILES string of the molecule is CC(=O)N[C@H]1[C@H](O[C@H]2[C@H](O)[C@@H](NC(C)=O)C(O)O[C@@H]2CO)O[C@H](CO)[C@@H](O[C@@H]2O[C@H](CO)[C@@H](O)[C@H](O[C@H]3O[C@H](CO)[C@@H](O[C@@H]4O[C@H](CO)[C@@H](O)[C@H](O)[C@H]4NC(C)=O)[C@H](O)[C@@H]3O[C@@H]3O[C@H](CO)[C@@H](O)[C@H](O)[C@H]3NC(C)=O)[C@@H]2O)[C@@H]1O. The van der Waals surface area contributed by atoms with E-state index in [1.54, 1.807) is 0 Å². The highest BCUT2D eigenvalue weighted by atomic mass is 16.8. The summed E-state index contributed by atoms with van der Waals surface area (Å²) < 4.78 is 64.6. The van der Waals surface area contributed by atoms with E-state index in [0.717, 1.165) is 27.7 Å². The quantitative estimate of drug-likeness (QED) is 0.0538. The minimum atomic E-state index is -2.32. The third-order valence-corrected chi connectivity index (χ3v) is 14.0. The van der Waals surface area contributed by atoms with Crippen LogP contribution in [0, 0.1) is 0 Å². The van der Waals surface area contributed by atoms with Gasteiger partial charge in [0.25, 0.3) is 0 Å². The Labute approximate surface area is 448 Å². The molecule has 4 amide bonds. The highest BCUT2D eigenvalue weighted by molar-refractivity contribution is 5.74. The molecule has 0 spiro atoms. The second kappa shape index (κ2) is 28.4. The smallest absolute Gasteiger partial charge is 0.217 e. The molecule has 20 N–H and O–H groups in total. The molecule has 0 bridgehead atoms. The van der Waals surface area contributed by atoms with Crippen molar-refractivity contribution in [2.45, 2.75) is 212 Å². The molecule has 0 aliphatic carbocycles. The van der Waals surface area contributed by atoms with Crippen LogP contribution in [0.15, 0.2) is 0 Å². The van der Waals surface area contributed by atoms with Gasteiger partial charge in [-0.25, -0.2) is 0 Å². The van der Waals surface area contributed by atoms with Gasteiger partial charge in [-0.2, -0.15) is 0 Å². The van der Waals surface area contributed by atoms with Crippen LogP contribution in [0.1, 0.15) is 27.7 Å². The first kappa shape index (κ1) is 65.0. The lowest BCUT2D eigenvalue weighted by molar-refractivity contribution is -0.400. The zero-order valence-electron chi connectivity index (χ0n) is 42.8. The fourth-order valence-corrected chi connectivity index (χ4v) is 10.1. The summed E-state index contributed by atoms with van der Waals surface area (Å²) in [6.45, 7) is -1.89.